The Labute approximate surface area is 184 Å². The molecule has 0 aliphatic carbocycles. The number of carbonyl (C=O) groups is 2. The fourth-order valence-electron chi connectivity index (χ4n) is 4.35. The highest BCUT2D eigenvalue weighted by Gasteiger charge is 2.22. The third-order valence-electron chi connectivity index (χ3n) is 6.12. The maximum absolute atomic E-state index is 13.0. The Hall–Kier alpha value is -2.86. The Morgan fingerprint density at radius 1 is 0.935 bits per heavy atom. The van der Waals surface area contributed by atoms with E-state index in [0.29, 0.717) is 26.1 Å². The van der Waals surface area contributed by atoms with Crippen LogP contribution in [0.3, 0.4) is 0 Å². The predicted octanol–water partition coefficient (Wildman–Crippen LogP) is 2.62. The number of amides is 2. The first-order chi connectivity index (χ1) is 15.0. The van der Waals surface area contributed by atoms with Gasteiger partial charge in [0.25, 0.3) is 0 Å². The summed E-state index contributed by atoms with van der Waals surface area (Å²) in [4.78, 5) is 30.7. The Bertz CT molecular complexity index is 951. The minimum atomic E-state index is 0.132. The highest BCUT2D eigenvalue weighted by molar-refractivity contribution is 5.79. The Balaban J connectivity index is 1.41. The normalized spacial score (nSPS) is 17.0. The summed E-state index contributed by atoms with van der Waals surface area (Å²) in [6.45, 7) is 9.54. The van der Waals surface area contributed by atoms with E-state index in [1.165, 1.54) is 11.1 Å². The van der Waals surface area contributed by atoms with Crippen molar-refractivity contribution in [3.63, 3.8) is 0 Å². The number of piperazine rings is 1. The monoisotopic (exact) mass is 421 g/mol. The molecule has 164 valence electrons. The van der Waals surface area contributed by atoms with Gasteiger partial charge in [0.1, 0.15) is 12.4 Å². The van der Waals surface area contributed by atoms with Crippen LogP contribution in [0.25, 0.3) is 0 Å². The van der Waals surface area contributed by atoms with E-state index in [2.05, 4.69) is 23.1 Å². The summed E-state index contributed by atoms with van der Waals surface area (Å²) in [6, 6.07) is 14.4. The third kappa shape index (κ3) is 5.44. The number of benzene rings is 2. The van der Waals surface area contributed by atoms with Crippen molar-refractivity contribution >= 4 is 11.8 Å². The minimum absolute atomic E-state index is 0.132. The summed E-state index contributed by atoms with van der Waals surface area (Å²) in [7, 11) is 0. The summed E-state index contributed by atoms with van der Waals surface area (Å²) in [5.74, 6) is 1.15. The summed E-state index contributed by atoms with van der Waals surface area (Å²) in [5.41, 5.74) is 4.50. The van der Waals surface area contributed by atoms with Crippen LogP contribution in [0.4, 0.5) is 0 Å². The van der Waals surface area contributed by atoms with Gasteiger partial charge < -0.3 is 14.5 Å². The molecule has 31 heavy (non-hydrogen) atoms. The number of carbonyl (C=O) groups excluding carboxylic acids is 2. The molecule has 0 saturated carbocycles. The van der Waals surface area contributed by atoms with Crippen LogP contribution in [0.15, 0.2) is 42.5 Å². The molecule has 0 radical (unpaired) electrons. The molecule has 0 unspecified atom stereocenters. The highest BCUT2D eigenvalue weighted by Crippen LogP contribution is 2.26. The lowest BCUT2D eigenvalue weighted by Crippen LogP contribution is -2.47. The second kappa shape index (κ2) is 9.52. The van der Waals surface area contributed by atoms with Crippen LogP contribution in [0.2, 0.25) is 0 Å². The lowest BCUT2D eigenvalue weighted by molar-refractivity contribution is -0.131. The molecule has 2 aromatic rings. The molecule has 2 amide bonds. The first-order valence-electron chi connectivity index (χ1n) is 11.0. The molecule has 1 fully saturated rings. The molecule has 2 aliphatic rings. The van der Waals surface area contributed by atoms with E-state index in [1.54, 1.807) is 6.92 Å². The fourth-order valence-corrected chi connectivity index (χ4v) is 4.35. The SMILES string of the molecule is CC(=O)N1CCN(Cc2ccc3c(c2)CN(C(=O)Cc2cccc(C)c2)CCO3)CC1. The minimum Gasteiger partial charge on any atom is -0.491 e. The number of aryl methyl sites for hydroxylation is 1. The molecule has 6 nitrogen and oxygen atoms in total. The summed E-state index contributed by atoms with van der Waals surface area (Å²) in [6.07, 6.45) is 0.414. The van der Waals surface area contributed by atoms with Gasteiger partial charge in [0.05, 0.1) is 13.0 Å². The maximum Gasteiger partial charge on any atom is 0.227 e. The average molecular weight is 422 g/mol. The number of ether oxygens (including phenoxy) is 1. The van der Waals surface area contributed by atoms with E-state index < -0.39 is 0 Å². The largest absolute Gasteiger partial charge is 0.491 e. The van der Waals surface area contributed by atoms with E-state index in [4.69, 9.17) is 4.74 Å². The first kappa shape index (κ1) is 21.4. The van der Waals surface area contributed by atoms with Crippen LogP contribution in [0.1, 0.15) is 29.2 Å². The lowest BCUT2D eigenvalue weighted by atomic mass is 10.1. The predicted molar refractivity (Wildman–Crippen MR) is 120 cm³/mol. The van der Waals surface area contributed by atoms with Crippen molar-refractivity contribution in [3.05, 3.63) is 64.7 Å². The number of rotatable bonds is 4. The Morgan fingerprint density at radius 2 is 1.74 bits per heavy atom. The highest BCUT2D eigenvalue weighted by atomic mass is 16.5. The van der Waals surface area contributed by atoms with Gasteiger partial charge >= 0.3 is 0 Å². The second-order valence-electron chi connectivity index (χ2n) is 8.55. The molecular weight excluding hydrogens is 390 g/mol. The molecule has 0 bridgehead atoms. The van der Waals surface area contributed by atoms with Crippen molar-refractivity contribution in [2.24, 2.45) is 0 Å². The van der Waals surface area contributed by atoms with Crippen molar-refractivity contribution in [2.75, 3.05) is 39.3 Å². The molecule has 0 aromatic heterocycles. The van der Waals surface area contributed by atoms with Crippen molar-refractivity contribution in [2.45, 2.75) is 33.4 Å². The van der Waals surface area contributed by atoms with E-state index in [-0.39, 0.29) is 11.8 Å². The van der Waals surface area contributed by atoms with Gasteiger partial charge in [-0.2, -0.15) is 0 Å². The number of nitrogens with zero attached hydrogens (tertiary/aromatic N) is 3. The van der Waals surface area contributed by atoms with Crippen LogP contribution >= 0.6 is 0 Å². The van der Waals surface area contributed by atoms with Crippen LogP contribution < -0.4 is 4.74 Å². The topological polar surface area (TPSA) is 53.1 Å². The van der Waals surface area contributed by atoms with Crippen LogP contribution in [0.5, 0.6) is 5.75 Å². The summed E-state index contributed by atoms with van der Waals surface area (Å²) in [5, 5.41) is 0. The van der Waals surface area contributed by atoms with Gasteiger partial charge in [0, 0.05) is 51.8 Å². The van der Waals surface area contributed by atoms with Crippen molar-refractivity contribution in [3.8, 4) is 5.75 Å². The zero-order valence-corrected chi connectivity index (χ0v) is 18.5. The van der Waals surface area contributed by atoms with Crippen molar-refractivity contribution in [1.82, 2.24) is 14.7 Å². The summed E-state index contributed by atoms with van der Waals surface area (Å²) < 4.78 is 5.93. The van der Waals surface area contributed by atoms with Crippen LogP contribution in [-0.4, -0.2) is 65.8 Å². The molecule has 2 aromatic carbocycles. The second-order valence-corrected chi connectivity index (χ2v) is 8.55. The van der Waals surface area contributed by atoms with Crippen LogP contribution in [-0.2, 0) is 29.1 Å². The molecular formula is C25H31N3O3. The molecule has 1 saturated heterocycles. The van der Waals surface area contributed by atoms with E-state index in [1.807, 2.05) is 41.0 Å². The summed E-state index contributed by atoms with van der Waals surface area (Å²) >= 11 is 0. The number of hydrogen-bond donors (Lipinski definition) is 0. The fraction of sp³-hybridized carbons (Fsp3) is 0.440. The third-order valence-corrected chi connectivity index (χ3v) is 6.12. The maximum atomic E-state index is 13.0. The van der Waals surface area contributed by atoms with Crippen molar-refractivity contribution < 1.29 is 14.3 Å². The van der Waals surface area contributed by atoms with Gasteiger partial charge in [-0.25, -0.2) is 0 Å². The number of fused-ring (bicyclic) bond motifs is 1. The smallest absolute Gasteiger partial charge is 0.227 e. The Kier molecular flexibility index (Phi) is 6.56. The molecule has 2 heterocycles. The zero-order chi connectivity index (χ0) is 21.8. The van der Waals surface area contributed by atoms with Gasteiger partial charge in [-0.15, -0.1) is 0 Å². The molecule has 0 N–H and O–H groups in total. The van der Waals surface area contributed by atoms with Gasteiger partial charge in [0.15, 0.2) is 0 Å². The van der Waals surface area contributed by atoms with Gasteiger partial charge in [-0.05, 0) is 30.2 Å². The first-order valence-corrected chi connectivity index (χ1v) is 11.0. The van der Waals surface area contributed by atoms with Gasteiger partial charge in [0.2, 0.25) is 11.8 Å². The molecule has 0 spiro atoms. The molecule has 4 rings (SSSR count). The lowest BCUT2D eigenvalue weighted by Gasteiger charge is -2.34. The van der Waals surface area contributed by atoms with E-state index >= 15 is 0 Å². The van der Waals surface area contributed by atoms with E-state index in [0.717, 1.165) is 49.6 Å². The van der Waals surface area contributed by atoms with Crippen molar-refractivity contribution in [1.29, 1.82) is 0 Å². The van der Waals surface area contributed by atoms with Crippen LogP contribution in [0, 0.1) is 6.92 Å². The van der Waals surface area contributed by atoms with Gasteiger partial charge in [-0.1, -0.05) is 35.9 Å². The van der Waals surface area contributed by atoms with E-state index in [9.17, 15) is 9.59 Å². The zero-order valence-electron chi connectivity index (χ0n) is 18.5. The molecule has 2 aliphatic heterocycles. The molecule has 6 heteroatoms. The average Bonchev–Trinajstić information content (AvgIpc) is 2.96. The molecule has 0 atom stereocenters. The van der Waals surface area contributed by atoms with Gasteiger partial charge in [-0.3, -0.25) is 14.5 Å². The Morgan fingerprint density at radius 3 is 2.48 bits per heavy atom. The quantitative estimate of drug-likeness (QED) is 0.762. The number of hydrogen-bond acceptors (Lipinski definition) is 4. The standard InChI is InChI=1S/C25H31N3O3/c1-19-4-3-5-21(14-19)16-25(30)28-12-13-31-24-7-6-22(15-23(24)18-28)17-26-8-10-27(11-9-26)20(2)29/h3-7,14-15H,8-13,16-18H2,1-2H3.